The van der Waals surface area contributed by atoms with Crippen LogP contribution in [0.1, 0.15) is 13.3 Å². The number of hydrogen-bond acceptors (Lipinski definition) is 5. The molecule has 0 spiro atoms. The molecular formula is C14H19N3O3S. The lowest BCUT2D eigenvalue weighted by Crippen LogP contribution is -2.33. The van der Waals surface area contributed by atoms with Crippen LogP contribution in [0.15, 0.2) is 35.4 Å². The van der Waals surface area contributed by atoms with Gasteiger partial charge in [0.1, 0.15) is 4.90 Å². The first-order chi connectivity index (χ1) is 9.95. The van der Waals surface area contributed by atoms with E-state index in [2.05, 4.69) is 9.71 Å². The second kappa shape index (κ2) is 6.38. The Bertz CT molecular complexity index is 731. The van der Waals surface area contributed by atoms with Crippen molar-refractivity contribution in [1.29, 1.82) is 0 Å². The Hall–Kier alpha value is -1.70. The molecule has 1 heterocycles. The van der Waals surface area contributed by atoms with Crippen LogP contribution in [-0.2, 0) is 14.8 Å². The predicted molar refractivity (Wildman–Crippen MR) is 82.4 cm³/mol. The van der Waals surface area contributed by atoms with E-state index in [4.69, 9.17) is 10.5 Å². The summed E-state index contributed by atoms with van der Waals surface area (Å²) in [5, 5.41) is 0.630. The van der Waals surface area contributed by atoms with Gasteiger partial charge in [0.05, 0.1) is 5.52 Å². The highest BCUT2D eigenvalue weighted by Crippen LogP contribution is 2.25. The number of ether oxygens (including phenoxy) is 1. The summed E-state index contributed by atoms with van der Waals surface area (Å²) in [5.74, 6) is 0. The van der Waals surface area contributed by atoms with E-state index in [1.165, 1.54) is 6.07 Å². The number of nitrogens with one attached hydrogen (secondary N) is 1. The maximum atomic E-state index is 12.5. The molecule has 0 aliphatic heterocycles. The van der Waals surface area contributed by atoms with Gasteiger partial charge in [-0.25, -0.2) is 13.1 Å². The lowest BCUT2D eigenvalue weighted by Gasteiger charge is -2.15. The molecule has 0 bridgehead atoms. The van der Waals surface area contributed by atoms with Crippen LogP contribution >= 0.6 is 0 Å². The first-order valence-corrected chi connectivity index (χ1v) is 8.08. The number of benzene rings is 1. The topological polar surface area (TPSA) is 94.3 Å². The van der Waals surface area contributed by atoms with Crippen LogP contribution in [0.4, 0.5) is 5.69 Å². The zero-order valence-electron chi connectivity index (χ0n) is 12.0. The zero-order valence-corrected chi connectivity index (χ0v) is 12.9. The quantitative estimate of drug-likeness (QED) is 0.789. The minimum absolute atomic E-state index is 0.136. The fourth-order valence-electron chi connectivity index (χ4n) is 2.07. The second-order valence-electron chi connectivity index (χ2n) is 4.86. The summed E-state index contributed by atoms with van der Waals surface area (Å²) >= 11 is 0. The van der Waals surface area contributed by atoms with Crippen molar-refractivity contribution in [1.82, 2.24) is 9.71 Å². The van der Waals surface area contributed by atoms with Gasteiger partial charge in [0.15, 0.2) is 0 Å². The third-order valence-electron chi connectivity index (χ3n) is 3.17. The van der Waals surface area contributed by atoms with Crippen LogP contribution in [0.2, 0.25) is 0 Å². The Labute approximate surface area is 124 Å². The highest BCUT2D eigenvalue weighted by Gasteiger charge is 2.21. The molecule has 0 saturated carbocycles. The van der Waals surface area contributed by atoms with Crippen molar-refractivity contribution in [2.24, 2.45) is 0 Å². The number of nitrogen functional groups attached to an aromatic ring is 1. The summed E-state index contributed by atoms with van der Waals surface area (Å²) < 4.78 is 32.6. The van der Waals surface area contributed by atoms with Crippen LogP contribution < -0.4 is 10.5 Å². The summed E-state index contributed by atoms with van der Waals surface area (Å²) in [4.78, 5) is 4.29. The Morgan fingerprint density at radius 1 is 1.38 bits per heavy atom. The monoisotopic (exact) mass is 309 g/mol. The van der Waals surface area contributed by atoms with Crippen molar-refractivity contribution in [2.45, 2.75) is 24.3 Å². The van der Waals surface area contributed by atoms with Crippen molar-refractivity contribution in [3.05, 3.63) is 30.5 Å². The van der Waals surface area contributed by atoms with E-state index in [0.717, 1.165) is 0 Å². The minimum Gasteiger partial charge on any atom is -0.398 e. The van der Waals surface area contributed by atoms with Gasteiger partial charge in [0.2, 0.25) is 10.0 Å². The molecule has 0 fully saturated rings. The Morgan fingerprint density at radius 2 is 2.14 bits per heavy atom. The number of fused-ring (bicyclic) bond motifs is 1. The first-order valence-electron chi connectivity index (χ1n) is 6.60. The number of anilines is 1. The molecule has 1 aromatic heterocycles. The Morgan fingerprint density at radius 3 is 2.86 bits per heavy atom. The molecule has 0 saturated heterocycles. The van der Waals surface area contributed by atoms with E-state index in [1.54, 1.807) is 38.4 Å². The fourth-order valence-corrected chi connectivity index (χ4v) is 3.51. The fraction of sp³-hybridized carbons (Fsp3) is 0.357. The molecule has 2 aromatic rings. The first kappa shape index (κ1) is 15.7. The zero-order chi connectivity index (χ0) is 15.5. The van der Waals surface area contributed by atoms with E-state index in [9.17, 15) is 8.42 Å². The molecule has 0 aliphatic rings. The lowest BCUT2D eigenvalue weighted by atomic mass is 10.2. The number of methoxy groups -OCH3 is 1. The van der Waals surface area contributed by atoms with Crippen LogP contribution in [0, 0.1) is 0 Å². The average Bonchev–Trinajstić information content (AvgIpc) is 2.45. The summed E-state index contributed by atoms with van der Waals surface area (Å²) in [5.41, 5.74) is 6.75. The van der Waals surface area contributed by atoms with Crippen LogP contribution in [0.25, 0.3) is 10.9 Å². The molecule has 114 valence electrons. The number of rotatable bonds is 6. The van der Waals surface area contributed by atoms with E-state index < -0.39 is 10.0 Å². The van der Waals surface area contributed by atoms with Crippen molar-refractivity contribution < 1.29 is 13.2 Å². The van der Waals surface area contributed by atoms with Gasteiger partial charge in [-0.1, -0.05) is 0 Å². The largest absolute Gasteiger partial charge is 0.398 e. The normalized spacial score (nSPS) is 13.4. The molecule has 1 unspecified atom stereocenters. The summed E-state index contributed by atoms with van der Waals surface area (Å²) in [6.45, 7) is 2.29. The number of nitrogens with two attached hydrogens (primary N) is 1. The summed E-state index contributed by atoms with van der Waals surface area (Å²) in [6, 6.07) is 6.31. The van der Waals surface area contributed by atoms with Gasteiger partial charge in [0.25, 0.3) is 0 Å². The number of sulfonamides is 1. The van der Waals surface area contributed by atoms with Crippen molar-refractivity contribution in [3.63, 3.8) is 0 Å². The summed E-state index contributed by atoms with van der Waals surface area (Å²) in [6.07, 6.45) is 2.14. The van der Waals surface area contributed by atoms with Crippen molar-refractivity contribution in [2.75, 3.05) is 19.5 Å². The smallest absolute Gasteiger partial charge is 0.242 e. The molecular weight excluding hydrogens is 290 g/mol. The second-order valence-corrected chi connectivity index (χ2v) is 6.54. The molecule has 7 heteroatoms. The van der Waals surface area contributed by atoms with Crippen molar-refractivity contribution in [3.8, 4) is 0 Å². The van der Waals surface area contributed by atoms with Crippen molar-refractivity contribution >= 4 is 26.6 Å². The standard InChI is InChI=1S/C14H19N3O3S/c1-10(7-9-20-2)17-21(18,19)13-6-5-12(15)11-4-3-8-16-14(11)13/h3-6,8,10,17H,7,9,15H2,1-2H3. The molecule has 0 radical (unpaired) electrons. The number of nitrogens with zero attached hydrogens (tertiary/aromatic N) is 1. The number of pyridine rings is 1. The Balaban J connectivity index is 2.39. The maximum absolute atomic E-state index is 12.5. The van der Waals surface area contributed by atoms with E-state index in [-0.39, 0.29) is 10.9 Å². The molecule has 0 aliphatic carbocycles. The maximum Gasteiger partial charge on any atom is 0.242 e. The molecule has 21 heavy (non-hydrogen) atoms. The van der Waals surface area contributed by atoms with Gasteiger partial charge in [-0.2, -0.15) is 0 Å². The van der Waals surface area contributed by atoms with Gasteiger partial charge in [-0.05, 0) is 37.6 Å². The molecule has 0 amide bonds. The lowest BCUT2D eigenvalue weighted by molar-refractivity contribution is 0.188. The van der Waals surface area contributed by atoms with Gasteiger partial charge >= 0.3 is 0 Å². The third-order valence-corrected chi connectivity index (χ3v) is 4.79. The third kappa shape index (κ3) is 3.49. The van der Waals surface area contributed by atoms with Crippen LogP contribution in [0.3, 0.4) is 0 Å². The van der Waals surface area contributed by atoms with Gasteiger partial charge in [0, 0.05) is 37.0 Å². The van der Waals surface area contributed by atoms with E-state index in [1.807, 2.05) is 0 Å². The average molecular weight is 309 g/mol. The van der Waals surface area contributed by atoms with E-state index in [0.29, 0.717) is 29.6 Å². The minimum atomic E-state index is -3.66. The van der Waals surface area contributed by atoms with E-state index >= 15 is 0 Å². The molecule has 3 N–H and O–H groups in total. The highest BCUT2D eigenvalue weighted by atomic mass is 32.2. The SMILES string of the molecule is COCCC(C)NS(=O)(=O)c1ccc(N)c2cccnc12. The molecule has 2 rings (SSSR count). The van der Waals surface area contributed by atoms with Gasteiger partial charge in [-0.15, -0.1) is 0 Å². The van der Waals surface area contributed by atoms with Gasteiger partial charge < -0.3 is 10.5 Å². The highest BCUT2D eigenvalue weighted by molar-refractivity contribution is 7.89. The van der Waals surface area contributed by atoms with Crippen LogP contribution in [0.5, 0.6) is 0 Å². The molecule has 1 atom stereocenters. The Kier molecular flexibility index (Phi) is 4.76. The number of aromatic nitrogens is 1. The molecule has 6 nitrogen and oxygen atoms in total. The molecule has 1 aromatic carbocycles. The van der Waals surface area contributed by atoms with Gasteiger partial charge in [-0.3, -0.25) is 4.98 Å². The van der Waals surface area contributed by atoms with Crippen LogP contribution in [-0.4, -0.2) is 33.2 Å². The predicted octanol–water partition coefficient (Wildman–Crippen LogP) is 1.52. The number of hydrogen-bond donors (Lipinski definition) is 2. The summed E-state index contributed by atoms with van der Waals surface area (Å²) in [7, 11) is -2.07.